The molecule has 1 aliphatic heterocycles. The number of aryl methyl sites for hydroxylation is 1. The van der Waals surface area contributed by atoms with Crippen LogP contribution in [0.4, 0.5) is 0 Å². The Labute approximate surface area is 115 Å². The second kappa shape index (κ2) is 6.56. The normalized spacial score (nSPS) is 14.6. The lowest BCUT2D eigenvalue weighted by molar-refractivity contribution is -0.0974. The maximum absolute atomic E-state index is 12.0. The summed E-state index contributed by atoms with van der Waals surface area (Å²) in [5, 5.41) is 2.82. The van der Waals surface area contributed by atoms with Crippen molar-refractivity contribution in [3.05, 3.63) is 21.4 Å². The Morgan fingerprint density at radius 2 is 2.28 bits per heavy atom. The molecule has 100 valence electrons. The van der Waals surface area contributed by atoms with Gasteiger partial charge in [0.2, 0.25) is 0 Å². The summed E-state index contributed by atoms with van der Waals surface area (Å²) < 4.78 is 10.1. The van der Waals surface area contributed by atoms with Crippen LogP contribution < -0.4 is 5.32 Å². The van der Waals surface area contributed by atoms with Gasteiger partial charge in [-0.1, -0.05) is 0 Å². The summed E-state index contributed by atoms with van der Waals surface area (Å²) in [4.78, 5) is 14.1. The van der Waals surface area contributed by atoms with Crippen LogP contribution in [0.2, 0.25) is 0 Å². The van der Waals surface area contributed by atoms with Crippen molar-refractivity contribution in [1.29, 1.82) is 0 Å². The third-order valence-corrected chi connectivity index (χ3v) is 5.05. The molecule has 0 aromatic carbocycles. The van der Waals surface area contributed by atoms with Crippen molar-refractivity contribution in [3.8, 4) is 0 Å². The molecule has 1 amide bonds. The molecular weight excluding hydrogens is 270 g/mol. The van der Waals surface area contributed by atoms with E-state index in [9.17, 15) is 4.79 Å². The van der Waals surface area contributed by atoms with Gasteiger partial charge in [0.05, 0.1) is 11.4 Å². The number of rotatable bonds is 5. The largest absolute Gasteiger partial charge is 0.354 e. The van der Waals surface area contributed by atoms with Crippen LogP contribution in [0.25, 0.3) is 0 Å². The number of thioether (sulfide) groups is 1. The van der Waals surface area contributed by atoms with Crippen molar-refractivity contribution in [2.75, 3.05) is 26.5 Å². The minimum absolute atomic E-state index is 0.0431. The quantitative estimate of drug-likeness (QED) is 0.840. The Morgan fingerprint density at radius 3 is 2.94 bits per heavy atom. The SMILES string of the molecule is COC(CNC(=O)c1cc2c(s1)CCSC2)OC. The van der Waals surface area contributed by atoms with Crippen molar-refractivity contribution in [3.63, 3.8) is 0 Å². The number of fused-ring (bicyclic) bond motifs is 1. The minimum atomic E-state index is -0.390. The molecule has 1 aromatic rings. The van der Waals surface area contributed by atoms with Crippen LogP contribution in [-0.4, -0.2) is 38.7 Å². The standard InChI is InChI=1S/C12H17NO3S2/c1-15-11(16-2)6-13-12(14)10-5-8-7-17-4-3-9(8)18-10/h5,11H,3-4,6-7H2,1-2H3,(H,13,14). The third-order valence-electron chi connectivity index (χ3n) is 2.81. The lowest BCUT2D eigenvalue weighted by Gasteiger charge is -2.13. The summed E-state index contributed by atoms with van der Waals surface area (Å²) in [6.07, 6.45) is 0.690. The predicted molar refractivity (Wildman–Crippen MR) is 74.3 cm³/mol. The Kier molecular flexibility index (Phi) is 5.05. The minimum Gasteiger partial charge on any atom is -0.354 e. The molecule has 0 spiro atoms. The number of hydrogen-bond donors (Lipinski definition) is 1. The highest BCUT2D eigenvalue weighted by Crippen LogP contribution is 2.31. The van der Waals surface area contributed by atoms with Crippen LogP contribution in [0.3, 0.4) is 0 Å². The van der Waals surface area contributed by atoms with Gasteiger partial charge in [-0.3, -0.25) is 4.79 Å². The van der Waals surface area contributed by atoms with E-state index in [2.05, 4.69) is 5.32 Å². The first-order chi connectivity index (χ1) is 8.74. The second-order valence-electron chi connectivity index (χ2n) is 3.97. The lowest BCUT2D eigenvalue weighted by Crippen LogP contribution is -2.33. The summed E-state index contributed by atoms with van der Waals surface area (Å²) in [5.41, 5.74) is 1.32. The summed E-state index contributed by atoms with van der Waals surface area (Å²) >= 11 is 3.53. The highest BCUT2D eigenvalue weighted by atomic mass is 32.2. The van der Waals surface area contributed by atoms with E-state index in [0.29, 0.717) is 6.54 Å². The van der Waals surface area contributed by atoms with E-state index in [-0.39, 0.29) is 12.2 Å². The molecule has 1 N–H and O–H groups in total. The van der Waals surface area contributed by atoms with Crippen molar-refractivity contribution >= 4 is 29.0 Å². The topological polar surface area (TPSA) is 47.6 Å². The van der Waals surface area contributed by atoms with Crippen LogP contribution in [0.15, 0.2) is 6.07 Å². The average Bonchev–Trinajstić information content (AvgIpc) is 2.83. The Hall–Kier alpha value is -0.560. The number of methoxy groups -OCH3 is 2. The first kappa shape index (κ1) is 13.9. The zero-order valence-electron chi connectivity index (χ0n) is 10.5. The van der Waals surface area contributed by atoms with Gasteiger partial charge in [-0.25, -0.2) is 0 Å². The van der Waals surface area contributed by atoms with Gasteiger partial charge in [0.15, 0.2) is 6.29 Å². The molecule has 0 aliphatic carbocycles. The molecule has 18 heavy (non-hydrogen) atoms. The van der Waals surface area contributed by atoms with E-state index in [1.807, 2.05) is 17.8 Å². The summed E-state index contributed by atoms with van der Waals surface area (Å²) in [6, 6.07) is 2.01. The van der Waals surface area contributed by atoms with Crippen molar-refractivity contribution in [2.45, 2.75) is 18.5 Å². The van der Waals surface area contributed by atoms with Gasteiger partial charge in [-0.2, -0.15) is 11.8 Å². The van der Waals surface area contributed by atoms with Gasteiger partial charge in [0.25, 0.3) is 5.91 Å². The molecule has 0 atom stereocenters. The van der Waals surface area contributed by atoms with Crippen LogP contribution >= 0.6 is 23.1 Å². The first-order valence-corrected chi connectivity index (χ1v) is 7.75. The van der Waals surface area contributed by atoms with Gasteiger partial charge in [0.1, 0.15) is 0 Å². The van der Waals surface area contributed by atoms with Gasteiger partial charge in [-0.15, -0.1) is 11.3 Å². The highest BCUT2D eigenvalue weighted by Gasteiger charge is 2.18. The number of hydrogen-bond acceptors (Lipinski definition) is 5. The summed E-state index contributed by atoms with van der Waals surface area (Å²) in [7, 11) is 3.11. The zero-order valence-corrected chi connectivity index (χ0v) is 12.2. The van der Waals surface area contributed by atoms with Crippen molar-refractivity contribution in [2.24, 2.45) is 0 Å². The maximum Gasteiger partial charge on any atom is 0.261 e. The number of carbonyl (C=O) groups excluding carboxylic acids is 1. The maximum atomic E-state index is 12.0. The van der Waals surface area contributed by atoms with Crippen molar-refractivity contribution < 1.29 is 14.3 Å². The molecule has 0 unspecified atom stereocenters. The van der Waals surface area contributed by atoms with Gasteiger partial charge in [-0.05, 0) is 23.8 Å². The number of nitrogens with one attached hydrogen (secondary N) is 1. The molecule has 0 bridgehead atoms. The molecule has 2 rings (SSSR count). The zero-order chi connectivity index (χ0) is 13.0. The first-order valence-electron chi connectivity index (χ1n) is 5.77. The van der Waals surface area contributed by atoms with Gasteiger partial charge >= 0.3 is 0 Å². The smallest absolute Gasteiger partial charge is 0.261 e. The van der Waals surface area contributed by atoms with E-state index in [1.54, 1.807) is 25.6 Å². The van der Waals surface area contributed by atoms with E-state index in [0.717, 1.165) is 22.8 Å². The van der Waals surface area contributed by atoms with E-state index < -0.39 is 0 Å². The van der Waals surface area contributed by atoms with Crippen LogP contribution in [0, 0.1) is 0 Å². The summed E-state index contributed by atoms with van der Waals surface area (Å²) in [6.45, 7) is 0.364. The molecule has 0 radical (unpaired) electrons. The fraction of sp³-hybridized carbons (Fsp3) is 0.583. The second-order valence-corrected chi connectivity index (χ2v) is 6.21. The molecular formula is C12H17NO3S2. The Bertz CT molecular complexity index is 392. The lowest BCUT2D eigenvalue weighted by atomic mass is 10.2. The van der Waals surface area contributed by atoms with Crippen LogP contribution in [0.5, 0.6) is 0 Å². The Balaban J connectivity index is 1.94. The van der Waals surface area contributed by atoms with E-state index >= 15 is 0 Å². The number of ether oxygens (including phenoxy) is 2. The van der Waals surface area contributed by atoms with Crippen molar-refractivity contribution in [1.82, 2.24) is 5.32 Å². The number of amides is 1. The van der Waals surface area contributed by atoms with Crippen LogP contribution in [-0.2, 0) is 21.6 Å². The Morgan fingerprint density at radius 1 is 1.50 bits per heavy atom. The van der Waals surface area contributed by atoms with E-state index in [1.165, 1.54) is 10.4 Å². The fourth-order valence-corrected chi connectivity index (χ4v) is 4.07. The molecule has 1 aromatic heterocycles. The summed E-state index contributed by atoms with van der Waals surface area (Å²) in [5.74, 6) is 2.14. The average molecular weight is 287 g/mol. The molecule has 0 saturated carbocycles. The molecule has 6 heteroatoms. The third kappa shape index (κ3) is 3.26. The predicted octanol–water partition coefficient (Wildman–Crippen LogP) is 1.89. The molecule has 1 aliphatic rings. The van der Waals surface area contributed by atoms with Crippen LogP contribution in [0.1, 0.15) is 20.1 Å². The molecule has 4 nitrogen and oxygen atoms in total. The van der Waals surface area contributed by atoms with E-state index in [4.69, 9.17) is 9.47 Å². The van der Waals surface area contributed by atoms with Gasteiger partial charge in [0, 0.05) is 24.8 Å². The number of thiophene rings is 1. The fourth-order valence-electron chi connectivity index (χ4n) is 1.79. The monoisotopic (exact) mass is 287 g/mol. The molecule has 0 fully saturated rings. The molecule has 2 heterocycles. The highest BCUT2D eigenvalue weighted by molar-refractivity contribution is 7.98. The van der Waals surface area contributed by atoms with Gasteiger partial charge < -0.3 is 14.8 Å². The molecule has 0 saturated heterocycles. The number of carbonyl (C=O) groups is 1.